The second-order valence-corrected chi connectivity index (χ2v) is 8.78. The van der Waals surface area contributed by atoms with Crippen LogP contribution in [0.25, 0.3) is 0 Å². The van der Waals surface area contributed by atoms with Crippen LogP contribution in [0.4, 0.5) is 11.4 Å². The largest absolute Gasteiger partial charge is 0.369 e. The molecule has 2 fully saturated rings. The number of anilines is 2. The zero-order chi connectivity index (χ0) is 20.9. The summed E-state index contributed by atoms with van der Waals surface area (Å²) in [5.74, 6) is 0.265. The summed E-state index contributed by atoms with van der Waals surface area (Å²) in [6.07, 6.45) is 0.595. The third-order valence-electron chi connectivity index (χ3n) is 6.01. The average Bonchev–Trinajstić information content (AvgIpc) is 2.78. The molecule has 0 unspecified atom stereocenters. The minimum absolute atomic E-state index is 0.265. The van der Waals surface area contributed by atoms with Gasteiger partial charge < -0.3 is 14.7 Å². The number of rotatable bonds is 5. The van der Waals surface area contributed by atoms with Crippen LogP contribution < -0.4 is 9.80 Å². The average molecular weight is 447 g/mol. The monoisotopic (exact) mass is 446 g/mol. The first-order valence-electron chi connectivity index (χ1n) is 10.6. The van der Waals surface area contributed by atoms with Gasteiger partial charge in [0.05, 0.1) is 0 Å². The molecular formula is C23H28Cl2N4O. The van der Waals surface area contributed by atoms with Crippen LogP contribution in [0.15, 0.2) is 48.5 Å². The number of carbonyl (C=O) groups excluding carboxylic acids is 1. The third kappa shape index (κ3) is 5.39. The first-order valence-corrected chi connectivity index (χ1v) is 11.4. The fraction of sp³-hybridized carbons (Fsp3) is 0.435. The maximum atomic E-state index is 12.7. The fourth-order valence-corrected chi connectivity index (χ4v) is 4.49. The lowest BCUT2D eigenvalue weighted by atomic mass is 10.2. The molecule has 0 saturated carbocycles. The van der Waals surface area contributed by atoms with E-state index in [9.17, 15) is 4.79 Å². The molecule has 2 aromatic rings. The van der Waals surface area contributed by atoms with E-state index in [2.05, 4.69) is 32.9 Å². The Kier molecular flexibility index (Phi) is 7.03. The van der Waals surface area contributed by atoms with E-state index >= 15 is 0 Å². The van der Waals surface area contributed by atoms with Gasteiger partial charge >= 0.3 is 0 Å². The second kappa shape index (κ2) is 9.90. The Balaban J connectivity index is 1.18. The molecule has 4 rings (SSSR count). The van der Waals surface area contributed by atoms with Crippen molar-refractivity contribution >= 4 is 40.5 Å². The summed E-state index contributed by atoms with van der Waals surface area (Å²) in [4.78, 5) is 21.8. The van der Waals surface area contributed by atoms with Crippen molar-refractivity contribution in [2.45, 2.75) is 6.42 Å². The van der Waals surface area contributed by atoms with Crippen LogP contribution in [0.5, 0.6) is 0 Å². The molecule has 5 nitrogen and oxygen atoms in total. The molecule has 0 radical (unpaired) electrons. The van der Waals surface area contributed by atoms with E-state index < -0.39 is 0 Å². The summed E-state index contributed by atoms with van der Waals surface area (Å²) >= 11 is 12.1. The van der Waals surface area contributed by atoms with Crippen molar-refractivity contribution in [1.82, 2.24) is 9.80 Å². The minimum atomic E-state index is 0.265. The maximum Gasteiger partial charge on any atom is 0.223 e. The van der Waals surface area contributed by atoms with Gasteiger partial charge in [-0.1, -0.05) is 29.3 Å². The predicted octanol–water partition coefficient (Wildman–Crippen LogP) is 3.85. The Bertz CT molecular complexity index is 845. The van der Waals surface area contributed by atoms with E-state index in [0.717, 1.165) is 74.6 Å². The number of amides is 1. The molecule has 2 heterocycles. The van der Waals surface area contributed by atoms with E-state index in [1.54, 1.807) is 0 Å². The van der Waals surface area contributed by atoms with Gasteiger partial charge in [0.2, 0.25) is 5.91 Å². The molecule has 0 aromatic heterocycles. The number of benzene rings is 2. The number of hydrogen-bond acceptors (Lipinski definition) is 4. The lowest BCUT2D eigenvalue weighted by molar-refractivity contribution is -0.131. The zero-order valence-corrected chi connectivity index (χ0v) is 18.7. The van der Waals surface area contributed by atoms with Gasteiger partial charge in [0, 0.05) is 86.7 Å². The number of nitrogens with zero attached hydrogens (tertiary/aromatic N) is 4. The number of carbonyl (C=O) groups is 1. The van der Waals surface area contributed by atoms with Crippen LogP contribution in [-0.2, 0) is 4.79 Å². The highest BCUT2D eigenvalue weighted by Gasteiger charge is 2.23. The number of piperazine rings is 2. The minimum Gasteiger partial charge on any atom is -0.369 e. The van der Waals surface area contributed by atoms with E-state index in [4.69, 9.17) is 23.2 Å². The summed E-state index contributed by atoms with van der Waals surface area (Å²) in [6.45, 7) is 8.02. The van der Waals surface area contributed by atoms with Gasteiger partial charge in [0.1, 0.15) is 0 Å². The molecule has 2 aromatic carbocycles. The van der Waals surface area contributed by atoms with Crippen LogP contribution in [0, 0.1) is 0 Å². The normalized spacial score (nSPS) is 18.0. The molecule has 160 valence electrons. The Morgan fingerprint density at radius 1 is 0.733 bits per heavy atom. The van der Waals surface area contributed by atoms with Gasteiger partial charge in [-0.25, -0.2) is 0 Å². The standard InChI is InChI=1S/C23H28Cl2N4O/c24-19-4-6-21(7-5-19)27-12-10-26(11-13-27)9-8-23(30)29-16-14-28(15-17-29)22-3-1-2-20(25)18-22/h1-7,18H,8-17H2. The van der Waals surface area contributed by atoms with Crippen molar-refractivity contribution in [1.29, 1.82) is 0 Å². The van der Waals surface area contributed by atoms with Gasteiger partial charge in [-0.05, 0) is 42.5 Å². The van der Waals surface area contributed by atoms with Crippen molar-refractivity contribution in [3.63, 3.8) is 0 Å². The van der Waals surface area contributed by atoms with Crippen molar-refractivity contribution in [2.24, 2.45) is 0 Å². The van der Waals surface area contributed by atoms with E-state index in [0.29, 0.717) is 6.42 Å². The summed E-state index contributed by atoms with van der Waals surface area (Å²) < 4.78 is 0. The van der Waals surface area contributed by atoms with E-state index in [1.807, 2.05) is 35.2 Å². The first kappa shape index (κ1) is 21.3. The highest BCUT2D eigenvalue weighted by Crippen LogP contribution is 2.22. The highest BCUT2D eigenvalue weighted by molar-refractivity contribution is 6.31. The molecule has 2 aliphatic heterocycles. The van der Waals surface area contributed by atoms with Gasteiger partial charge in [0.15, 0.2) is 0 Å². The van der Waals surface area contributed by atoms with Crippen molar-refractivity contribution in [2.75, 3.05) is 68.7 Å². The Morgan fingerprint density at radius 2 is 1.37 bits per heavy atom. The highest BCUT2D eigenvalue weighted by atomic mass is 35.5. The van der Waals surface area contributed by atoms with Gasteiger partial charge in [-0.2, -0.15) is 0 Å². The number of halogens is 2. The van der Waals surface area contributed by atoms with E-state index in [1.165, 1.54) is 5.69 Å². The van der Waals surface area contributed by atoms with Crippen molar-refractivity contribution < 1.29 is 4.79 Å². The molecule has 30 heavy (non-hydrogen) atoms. The molecule has 2 aliphatic rings. The molecular weight excluding hydrogens is 419 g/mol. The molecule has 2 saturated heterocycles. The molecule has 0 aliphatic carbocycles. The van der Waals surface area contributed by atoms with Crippen LogP contribution in [0.1, 0.15) is 6.42 Å². The summed E-state index contributed by atoms with van der Waals surface area (Å²) in [6, 6.07) is 16.0. The Labute approximate surface area is 188 Å². The van der Waals surface area contributed by atoms with Crippen molar-refractivity contribution in [3.8, 4) is 0 Å². The smallest absolute Gasteiger partial charge is 0.223 e. The molecule has 0 N–H and O–H groups in total. The third-order valence-corrected chi connectivity index (χ3v) is 6.50. The van der Waals surface area contributed by atoms with Gasteiger partial charge in [-0.3, -0.25) is 9.69 Å². The summed E-state index contributed by atoms with van der Waals surface area (Å²) in [5.41, 5.74) is 2.35. The SMILES string of the molecule is O=C(CCN1CCN(c2ccc(Cl)cc2)CC1)N1CCN(c2cccc(Cl)c2)CC1. The van der Waals surface area contributed by atoms with E-state index in [-0.39, 0.29) is 5.91 Å². The van der Waals surface area contributed by atoms with Crippen LogP contribution in [-0.4, -0.2) is 74.6 Å². The van der Waals surface area contributed by atoms with Crippen LogP contribution in [0.2, 0.25) is 10.0 Å². The molecule has 0 spiro atoms. The van der Waals surface area contributed by atoms with Crippen molar-refractivity contribution in [3.05, 3.63) is 58.6 Å². The fourth-order valence-electron chi connectivity index (χ4n) is 4.18. The lowest BCUT2D eigenvalue weighted by Gasteiger charge is -2.38. The second-order valence-electron chi connectivity index (χ2n) is 7.90. The molecule has 0 atom stereocenters. The quantitative estimate of drug-likeness (QED) is 0.697. The molecule has 1 amide bonds. The van der Waals surface area contributed by atoms with Crippen LogP contribution in [0.3, 0.4) is 0 Å². The predicted molar refractivity (Wildman–Crippen MR) is 125 cm³/mol. The molecule has 7 heteroatoms. The zero-order valence-electron chi connectivity index (χ0n) is 17.1. The maximum absolute atomic E-state index is 12.7. The Hall–Kier alpha value is -1.95. The Morgan fingerprint density at radius 3 is 2.03 bits per heavy atom. The first-order chi connectivity index (χ1) is 14.6. The van der Waals surface area contributed by atoms with Gasteiger partial charge in [-0.15, -0.1) is 0 Å². The van der Waals surface area contributed by atoms with Gasteiger partial charge in [0.25, 0.3) is 0 Å². The van der Waals surface area contributed by atoms with Crippen LogP contribution >= 0.6 is 23.2 Å². The summed E-state index contributed by atoms with van der Waals surface area (Å²) in [5, 5.41) is 1.52. The summed E-state index contributed by atoms with van der Waals surface area (Å²) in [7, 11) is 0. The topological polar surface area (TPSA) is 30.0 Å². The molecule has 0 bridgehead atoms. The lowest BCUT2D eigenvalue weighted by Crippen LogP contribution is -2.50. The number of hydrogen-bond donors (Lipinski definition) is 0.